The van der Waals surface area contributed by atoms with Gasteiger partial charge < -0.3 is 24.1 Å². The van der Waals surface area contributed by atoms with Crippen molar-refractivity contribution in [1.29, 1.82) is 0 Å². The lowest BCUT2D eigenvalue weighted by Crippen LogP contribution is -2.65. The fraction of sp³-hybridized carbons (Fsp3) is 0.739. The molecule has 2 saturated carbocycles. The molecule has 0 spiro atoms. The number of epoxide rings is 2. The van der Waals surface area contributed by atoms with Gasteiger partial charge in [-0.1, -0.05) is 17.7 Å². The Morgan fingerprint density at radius 3 is 2.50 bits per heavy atom. The number of hydrogen-bond donors (Lipinski definition) is 1. The molecule has 3 aliphatic carbocycles. The van der Waals surface area contributed by atoms with Crippen LogP contribution in [0.3, 0.4) is 0 Å². The van der Waals surface area contributed by atoms with Gasteiger partial charge in [0.15, 0.2) is 11.6 Å². The van der Waals surface area contributed by atoms with Crippen molar-refractivity contribution in [2.75, 3.05) is 7.11 Å². The number of rotatable bonds is 3. The summed E-state index contributed by atoms with van der Waals surface area (Å²) in [5.41, 5.74) is -0.0736. The van der Waals surface area contributed by atoms with Crippen LogP contribution in [0.5, 0.6) is 0 Å². The van der Waals surface area contributed by atoms with Crippen LogP contribution in [-0.4, -0.2) is 72.1 Å². The van der Waals surface area contributed by atoms with E-state index in [9.17, 15) is 14.7 Å². The van der Waals surface area contributed by atoms with Gasteiger partial charge in [-0.15, -0.1) is 0 Å². The standard InChI is InChI=1S/C23H28O7/c1-8(2)6-11-23-10(22(3,4)27-5)7-9-12(15(25)18-17(29-18)14(9)24)13(23)16(28-11)19-20(30-19)21(23)26/h6-7,10-13,15-20,25H,1-5H3. The van der Waals surface area contributed by atoms with Crippen molar-refractivity contribution in [3.05, 3.63) is 23.3 Å². The lowest BCUT2D eigenvalue weighted by Gasteiger charge is -2.55. The van der Waals surface area contributed by atoms with E-state index < -0.39 is 53.4 Å². The highest BCUT2D eigenvalue weighted by Crippen LogP contribution is 2.69. The Bertz CT molecular complexity index is 915. The lowest BCUT2D eigenvalue weighted by molar-refractivity contribution is -0.155. The van der Waals surface area contributed by atoms with Crippen LogP contribution in [0.4, 0.5) is 0 Å². The third kappa shape index (κ3) is 2.08. The molecule has 3 saturated heterocycles. The second-order valence-electron chi connectivity index (χ2n) is 10.4. The molecule has 30 heavy (non-hydrogen) atoms. The van der Waals surface area contributed by atoms with E-state index in [0.29, 0.717) is 5.57 Å². The van der Waals surface area contributed by atoms with Gasteiger partial charge in [-0.05, 0) is 27.7 Å². The maximum Gasteiger partial charge on any atom is 0.190 e. The summed E-state index contributed by atoms with van der Waals surface area (Å²) in [6.07, 6.45) is 0.415. The molecular weight excluding hydrogens is 388 g/mol. The number of carbonyl (C=O) groups is 2. The molecule has 5 fully saturated rings. The highest BCUT2D eigenvalue weighted by Gasteiger charge is 2.81. The monoisotopic (exact) mass is 416 g/mol. The van der Waals surface area contributed by atoms with E-state index in [1.165, 1.54) is 0 Å². The summed E-state index contributed by atoms with van der Waals surface area (Å²) in [5, 5.41) is 11.2. The zero-order valence-corrected chi connectivity index (χ0v) is 17.8. The first-order valence-corrected chi connectivity index (χ1v) is 10.8. The summed E-state index contributed by atoms with van der Waals surface area (Å²) >= 11 is 0. The lowest BCUT2D eigenvalue weighted by atomic mass is 9.46. The van der Waals surface area contributed by atoms with Crippen molar-refractivity contribution < 1.29 is 33.6 Å². The number of carbonyl (C=O) groups excluding carboxylic acids is 2. The SMILES string of the molecule is COC(C)(C)C1C=C2C(=O)C3OC3C(O)C2C2C3OC(C=C(C)C)C21C(=O)C1OC13. The molecule has 162 valence electrons. The number of Topliss-reactive ketones (excluding diaryl/α,β-unsaturated/α-hetero) is 2. The normalized spacial score (nSPS) is 52.5. The van der Waals surface area contributed by atoms with Gasteiger partial charge >= 0.3 is 0 Å². The predicted octanol–water partition coefficient (Wildman–Crippen LogP) is 0.981. The number of ketones is 2. The summed E-state index contributed by atoms with van der Waals surface area (Å²) in [7, 11) is 1.63. The molecule has 0 aromatic rings. The molecule has 0 amide bonds. The quantitative estimate of drug-likeness (QED) is 0.541. The van der Waals surface area contributed by atoms with E-state index in [-0.39, 0.29) is 29.7 Å². The van der Waals surface area contributed by atoms with Crippen LogP contribution in [-0.2, 0) is 28.5 Å². The van der Waals surface area contributed by atoms with E-state index in [2.05, 4.69) is 0 Å². The van der Waals surface area contributed by atoms with Crippen LogP contribution < -0.4 is 0 Å². The van der Waals surface area contributed by atoms with Gasteiger partial charge in [0.2, 0.25) is 0 Å². The number of hydrogen-bond acceptors (Lipinski definition) is 7. The summed E-state index contributed by atoms with van der Waals surface area (Å²) in [5.74, 6) is -1.33. The first-order valence-electron chi connectivity index (χ1n) is 10.8. The largest absolute Gasteiger partial charge is 0.390 e. The van der Waals surface area contributed by atoms with E-state index in [0.717, 1.165) is 5.57 Å². The van der Waals surface area contributed by atoms with Crippen molar-refractivity contribution in [2.45, 2.75) is 76.0 Å². The zero-order valence-electron chi connectivity index (χ0n) is 17.8. The average molecular weight is 416 g/mol. The van der Waals surface area contributed by atoms with Crippen molar-refractivity contribution in [2.24, 2.45) is 23.2 Å². The minimum Gasteiger partial charge on any atom is -0.390 e. The van der Waals surface area contributed by atoms with Crippen LogP contribution >= 0.6 is 0 Å². The maximum absolute atomic E-state index is 14.0. The molecule has 0 aromatic heterocycles. The molecule has 6 rings (SSSR count). The first kappa shape index (κ1) is 19.3. The number of allylic oxidation sites excluding steroid dienone is 1. The summed E-state index contributed by atoms with van der Waals surface area (Å²) in [4.78, 5) is 27.1. The smallest absolute Gasteiger partial charge is 0.190 e. The van der Waals surface area contributed by atoms with Gasteiger partial charge in [0.1, 0.15) is 24.4 Å². The van der Waals surface area contributed by atoms with E-state index in [4.69, 9.17) is 18.9 Å². The number of aliphatic hydroxyl groups is 1. The van der Waals surface area contributed by atoms with Gasteiger partial charge in [0, 0.05) is 30.4 Å². The van der Waals surface area contributed by atoms with Crippen molar-refractivity contribution in [1.82, 2.24) is 0 Å². The molecule has 3 aliphatic heterocycles. The second kappa shape index (κ2) is 5.70. The summed E-state index contributed by atoms with van der Waals surface area (Å²) in [6.45, 7) is 7.87. The fourth-order valence-corrected chi connectivity index (χ4v) is 6.90. The molecule has 7 heteroatoms. The Labute approximate surface area is 175 Å². The Morgan fingerprint density at radius 1 is 1.13 bits per heavy atom. The number of methoxy groups -OCH3 is 1. The molecule has 1 N–H and O–H groups in total. The van der Waals surface area contributed by atoms with Crippen molar-refractivity contribution >= 4 is 11.6 Å². The Hall–Kier alpha value is -1.38. The van der Waals surface area contributed by atoms with Crippen LogP contribution in [0, 0.1) is 23.2 Å². The molecule has 6 aliphatic rings. The van der Waals surface area contributed by atoms with Crippen LogP contribution in [0.1, 0.15) is 27.7 Å². The predicted molar refractivity (Wildman–Crippen MR) is 104 cm³/mol. The van der Waals surface area contributed by atoms with Crippen LogP contribution in [0.15, 0.2) is 23.3 Å². The molecule has 3 heterocycles. The number of aliphatic hydroxyl groups excluding tert-OH is 1. The Kier molecular flexibility index (Phi) is 3.67. The van der Waals surface area contributed by atoms with Crippen LogP contribution in [0.25, 0.3) is 0 Å². The van der Waals surface area contributed by atoms with Gasteiger partial charge in [0.05, 0.1) is 29.3 Å². The summed E-state index contributed by atoms with van der Waals surface area (Å²) in [6, 6.07) is 0. The molecule has 0 radical (unpaired) electrons. The van der Waals surface area contributed by atoms with Crippen molar-refractivity contribution in [3.8, 4) is 0 Å². The van der Waals surface area contributed by atoms with Gasteiger partial charge in [-0.25, -0.2) is 0 Å². The second-order valence-corrected chi connectivity index (χ2v) is 10.4. The third-order valence-electron chi connectivity index (χ3n) is 8.35. The molecule has 0 aromatic carbocycles. The molecule has 7 nitrogen and oxygen atoms in total. The fourth-order valence-electron chi connectivity index (χ4n) is 6.90. The average Bonchev–Trinajstić information content (AvgIpc) is 3.59. The molecule has 11 unspecified atom stereocenters. The third-order valence-corrected chi connectivity index (χ3v) is 8.35. The first-order chi connectivity index (χ1) is 14.1. The summed E-state index contributed by atoms with van der Waals surface area (Å²) < 4.78 is 23.7. The van der Waals surface area contributed by atoms with Gasteiger partial charge in [0.25, 0.3) is 0 Å². The van der Waals surface area contributed by atoms with E-state index >= 15 is 0 Å². The van der Waals surface area contributed by atoms with Crippen LogP contribution in [0.2, 0.25) is 0 Å². The Balaban J connectivity index is 1.62. The van der Waals surface area contributed by atoms with E-state index in [1.807, 2.05) is 39.8 Å². The number of fused-ring (bicyclic) bond motifs is 4. The highest BCUT2D eigenvalue weighted by atomic mass is 16.6. The van der Waals surface area contributed by atoms with Gasteiger partial charge in [-0.2, -0.15) is 0 Å². The topological polar surface area (TPSA) is 97.9 Å². The van der Waals surface area contributed by atoms with Crippen molar-refractivity contribution in [3.63, 3.8) is 0 Å². The van der Waals surface area contributed by atoms with E-state index in [1.54, 1.807) is 7.11 Å². The van der Waals surface area contributed by atoms with Gasteiger partial charge in [-0.3, -0.25) is 9.59 Å². The zero-order chi connectivity index (χ0) is 21.3. The highest BCUT2D eigenvalue weighted by molar-refractivity contribution is 6.04. The molecule has 2 bridgehead atoms. The molecular formula is C23H28O7. The minimum atomic E-state index is -0.962. The minimum absolute atomic E-state index is 0.0117. The number of ether oxygens (including phenoxy) is 4. The Morgan fingerprint density at radius 2 is 1.83 bits per heavy atom. The molecule has 11 atom stereocenters. The maximum atomic E-state index is 14.0.